The monoisotopic (exact) mass is 221 g/mol. The Morgan fingerprint density at radius 3 is 2.29 bits per heavy atom. The van der Waals surface area contributed by atoms with Crippen molar-refractivity contribution in [3.8, 4) is 0 Å². The lowest BCUT2D eigenvalue weighted by Gasteiger charge is -1.88. The first kappa shape index (κ1) is 12.6. The SMILES string of the molecule is NS(=O)[O-].O=[N+]([O-])c1cccc(F)c1. The van der Waals surface area contributed by atoms with Crippen LogP contribution in [-0.4, -0.2) is 13.7 Å². The lowest BCUT2D eigenvalue weighted by atomic mass is 10.3. The molecule has 0 saturated carbocycles. The van der Waals surface area contributed by atoms with E-state index in [0.29, 0.717) is 0 Å². The van der Waals surface area contributed by atoms with Crippen molar-refractivity contribution in [2.24, 2.45) is 5.14 Å². The van der Waals surface area contributed by atoms with Gasteiger partial charge in [0, 0.05) is 17.3 Å². The minimum atomic E-state index is -2.36. The van der Waals surface area contributed by atoms with Crippen molar-refractivity contribution in [3.05, 3.63) is 40.2 Å². The average Bonchev–Trinajstić information content (AvgIpc) is 2.03. The van der Waals surface area contributed by atoms with Crippen LogP contribution < -0.4 is 5.14 Å². The van der Waals surface area contributed by atoms with Gasteiger partial charge in [-0.2, -0.15) is 0 Å². The molecule has 0 radical (unpaired) electrons. The van der Waals surface area contributed by atoms with E-state index in [-0.39, 0.29) is 5.69 Å². The molecule has 1 atom stereocenters. The van der Waals surface area contributed by atoms with Crippen LogP contribution in [0.1, 0.15) is 0 Å². The molecule has 0 aromatic heterocycles. The molecule has 78 valence electrons. The lowest BCUT2D eigenvalue weighted by molar-refractivity contribution is -0.385. The second-order valence-electron chi connectivity index (χ2n) is 2.00. The maximum Gasteiger partial charge on any atom is 0.272 e. The third-order valence-corrected chi connectivity index (χ3v) is 1.02. The number of benzene rings is 1. The quantitative estimate of drug-likeness (QED) is 0.422. The fourth-order valence-corrected chi connectivity index (χ4v) is 0.590. The van der Waals surface area contributed by atoms with Gasteiger partial charge in [-0.25, -0.2) is 4.39 Å². The summed E-state index contributed by atoms with van der Waals surface area (Å²) in [6.07, 6.45) is 0. The minimum Gasteiger partial charge on any atom is -0.760 e. The van der Waals surface area contributed by atoms with Crippen LogP contribution in [0.25, 0.3) is 0 Å². The van der Waals surface area contributed by atoms with Crippen molar-refractivity contribution in [2.45, 2.75) is 0 Å². The van der Waals surface area contributed by atoms with Crippen molar-refractivity contribution in [1.82, 2.24) is 0 Å². The van der Waals surface area contributed by atoms with Crippen molar-refractivity contribution < 1.29 is 18.1 Å². The smallest absolute Gasteiger partial charge is 0.272 e. The van der Waals surface area contributed by atoms with E-state index in [2.05, 4.69) is 5.14 Å². The first-order valence-corrected chi connectivity index (χ1v) is 4.31. The van der Waals surface area contributed by atoms with Crippen LogP contribution in [0, 0.1) is 15.9 Å². The molecule has 0 spiro atoms. The van der Waals surface area contributed by atoms with Gasteiger partial charge in [0.1, 0.15) is 5.82 Å². The van der Waals surface area contributed by atoms with E-state index in [1.807, 2.05) is 0 Å². The molecule has 1 aromatic rings. The number of hydrogen-bond donors (Lipinski definition) is 1. The summed E-state index contributed by atoms with van der Waals surface area (Å²) < 4.78 is 29.8. The molecule has 6 nitrogen and oxygen atoms in total. The van der Waals surface area contributed by atoms with Gasteiger partial charge in [0.2, 0.25) is 0 Å². The van der Waals surface area contributed by atoms with Crippen molar-refractivity contribution in [1.29, 1.82) is 0 Å². The Morgan fingerprint density at radius 2 is 2.00 bits per heavy atom. The highest BCUT2D eigenvalue weighted by molar-refractivity contribution is 7.76. The number of nitrogens with zero attached hydrogens (tertiary/aromatic N) is 1. The summed E-state index contributed by atoms with van der Waals surface area (Å²) in [5.41, 5.74) is -0.222. The first-order valence-electron chi connectivity index (χ1n) is 3.17. The molecular formula is C6H6FN2O4S-. The van der Waals surface area contributed by atoms with Gasteiger partial charge in [0.15, 0.2) is 0 Å². The molecule has 0 saturated heterocycles. The van der Waals surface area contributed by atoms with Gasteiger partial charge in [0.05, 0.1) is 11.0 Å². The van der Waals surface area contributed by atoms with Gasteiger partial charge in [-0.15, -0.1) is 0 Å². The molecule has 0 aliphatic carbocycles. The van der Waals surface area contributed by atoms with E-state index < -0.39 is 22.0 Å². The molecule has 0 bridgehead atoms. The van der Waals surface area contributed by atoms with Crippen molar-refractivity contribution in [3.63, 3.8) is 0 Å². The standard InChI is InChI=1S/C6H4FNO2.H3NO2S/c7-5-2-1-3-6(4-5)8(9)10;1-4(2)3/h1-4H;1H2,(H,2,3)/p-1. The minimum absolute atomic E-state index is 0.222. The molecule has 1 rings (SSSR count). The first-order chi connectivity index (χ1) is 6.43. The third kappa shape index (κ3) is 6.17. The molecular weight excluding hydrogens is 215 g/mol. The van der Waals surface area contributed by atoms with Crippen LogP contribution in [-0.2, 0) is 11.3 Å². The van der Waals surface area contributed by atoms with E-state index in [0.717, 1.165) is 12.1 Å². The van der Waals surface area contributed by atoms with Crippen molar-refractivity contribution in [2.75, 3.05) is 0 Å². The number of non-ortho nitro benzene ring substituents is 1. The predicted molar refractivity (Wildman–Crippen MR) is 46.2 cm³/mol. The highest BCUT2D eigenvalue weighted by Gasteiger charge is 2.03. The number of hydrogen-bond acceptors (Lipinski definition) is 4. The molecule has 0 aliphatic rings. The lowest BCUT2D eigenvalue weighted by Crippen LogP contribution is -1.97. The van der Waals surface area contributed by atoms with E-state index >= 15 is 0 Å². The van der Waals surface area contributed by atoms with Gasteiger partial charge in [-0.1, -0.05) is 6.07 Å². The summed E-state index contributed by atoms with van der Waals surface area (Å²) in [6.45, 7) is 0. The Kier molecular flexibility index (Phi) is 5.53. The van der Waals surface area contributed by atoms with E-state index in [1.165, 1.54) is 12.1 Å². The normalized spacial score (nSPS) is 11.1. The number of nitro groups is 1. The van der Waals surface area contributed by atoms with E-state index in [4.69, 9.17) is 8.76 Å². The Labute approximate surface area is 81.1 Å². The van der Waals surface area contributed by atoms with Gasteiger partial charge in [-0.05, 0) is 6.07 Å². The zero-order chi connectivity index (χ0) is 11.1. The van der Waals surface area contributed by atoms with Crippen LogP contribution in [0.15, 0.2) is 24.3 Å². The molecule has 2 N–H and O–H groups in total. The molecule has 8 heteroatoms. The van der Waals surface area contributed by atoms with Crippen molar-refractivity contribution >= 4 is 17.0 Å². The molecule has 0 fully saturated rings. The second kappa shape index (κ2) is 6.13. The van der Waals surface area contributed by atoms with E-state index in [1.54, 1.807) is 0 Å². The Balaban J connectivity index is 0.000000364. The topological polar surface area (TPSA) is 109 Å². The van der Waals surface area contributed by atoms with Gasteiger partial charge >= 0.3 is 0 Å². The van der Waals surface area contributed by atoms with Gasteiger partial charge in [0.25, 0.3) is 5.69 Å². The zero-order valence-electron chi connectivity index (χ0n) is 6.75. The summed E-state index contributed by atoms with van der Waals surface area (Å²) >= 11 is -2.36. The highest BCUT2D eigenvalue weighted by Crippen LogP contribution is 2.10. The maximum absolute atomic E-state index is 12.2. The second-order valence-corrected chi connectivity index (χ2v) is 2.52. The third-order valence-electron chi connectivity index (χ3n) is 1.02. The predicted octanol–water partition coefficient (Wildman–Crippen LogP) is 0.473. The fraction of sp³-hybridized carbons (Fsp3) is 0. The van der Waals surface area contributed by atoms with Crippen LogP contribution in [0.3, 0.4) is 0 Å². The van der Waals surface area contributed by atoms with Crippen LogP contribution >= 0.6 is 0 Å². The number of rotatable bonds is 1. The highest BCUT2D eigenvalue weighted by atomic mass is 32.2. The molecule has 0 aliphatic heterocycles. The molecule has 14 heavy (non-hydrogen) atoms. The van der Waals surface area contributed by atoms with Gasteiger partial charge in [-0.3, -0.25) is 19.5 Å². The zero-order valence-corrected chi connectivity index (χ0v) is 7.57. The number of nitro benzene ring substituents is 1. The number of nitrogens with two attached hydrogens (primary N) is 1. The molecule has 1 unspecified atom stereocenters. The molecule has 1 aromatic carbocycles. The Morgan fingerprint density at radius 1 is 1.50 bits per heavy atom. The Bertz CT molecular complexity index is 342. The summed E-state index contributed by atoms with van der Waals surface area (Å²) in [7, 11) is 0. The summed E-state index contributed by atoms with van der Waals surface area (Å²) in [5, 5.41) is 14.0. The van der Waals surface area contributed by atoms with Gasteiger partial charge < -0.3 is 4.55 Å². The summed E-state index contributed by atoms with van der Waals surface area (Å²) in [4.78, 5) is 9.36. The fourth-order valence-electron chi connectivity index (χ4n) is 0.590. The van der Waals surface area contributed by atoms with Crippen LogP contribution in [0.5, 0.6) is 0 Å². The van der Waals surface area contributed by atoms with Crippen LogP contribution in [0.2, 0.25) is 0 Å². The summed E-state index contributed by atoms with van der Waals surface area (Å²) in [6, 6.07) is 4.57. The maximum atomic E-state index is 12.2. The van der Waals surface area contributed by atoms with E-state index in [9.17, 15) is 14.5 Å². The number of halogens is 1. The van der Waals surface area contributed by atoms with Crippen LogP contribution in [0.4, 0.5) is 10.1 Å². The molecule has 0 heterocycles. The summed E-state index contributed by atoms with van der Waals surface area (Å²) in [5.74, 6) is -0.589. The molecule has 0 amide bonds. The average molecular weight is 221 g/mol. The Hall–Kier alpha value is -1.38. The largest absolute Gasteiger partial charge is 0.760 e.